The average Bonchev–Trinajstić information content (AvgIpc) is 3.08. The van der Waals surface area contributed by atoms with Gasteiger partial charge in [0.1, 0.15) is 11.6 Å². The van der Waals surface area contributed by atoms with Crippen LogP contribution in [0.2, 0.25) is 0 Å². The fourth-order valence-corrected chi connectivity index (χ4v) is 7.31. The molecule has 0 radical (unpaired) electrons. The summed E-state index contributed by atoms with van der Waals surface area (Å²) in [6.07, 6.45) is 27.4. The summed E-state index contributed by atoms with van der Waals surface area (Å²) in [5, 5.41) is 1.16. The first kappa shape index (κ1) is 26.9. The number of nitrogens with zero attached hydrogens (tertiary/aromatic N) is 4. The molecular formula is C40H36N4. The predicted molar refractivity (Wildman–Crippen MR) is 180 cm³/mol. The molecule has 4 aromatic rings. The largest absolute Gasteiger partial charge is 0.256 e. The molecule has 2 aromatic carbocycles. The summed E-state index contributed by atoms with van der Waals surface area (Å²) < 4.78 is 0. The molecule has 0 bridgehead atoms. The fraction of sp³-hybridized carbons (Fsp3) is 0.250. The van der Waals surface area contributed by atoms with E-state index in [-0.39, 0.29) is 11.8 Å². The number of fused-ring (bicyclic) bond motifs is 3. The molecule has 8 rings (SSSR count). The van der Waals surface area contributed by atoms with Crippen molar-refractivity contribution in [2.75, 3.05) is 0 Å². The van der Waals surface area contributed by atoms with Gasteiger partial charge in [-0.2, -0.15) is 0 Å². The van der Waals surface area contributed by atoms with Crippen LogP contribution in [0.15, 0.2) is 115 Å². The standard InChI is InChI=1S/C40H36N4/c1-25-12-13-27-14-19-32(24-33(27)23-25)39-42-38(43-40(44-39)35-21-20-28-7-3-4-10-34(28)26(35)2)31-17-15-29(16-18-31)36-11-5-8-30-9-6-22-41-37(30)36/h3-17,19-20,22,24-26,31,34-35H,18,21,23H2,1-2H3/t25?,26?,31-,34?,35?/m0/s1. The summed E-state index contributed by atoms with van der Waals surface area (Å²) in [5.74, 6) is 4.23. The van der Waals surface area contributed by atoms with Crippen molar-refractivity contribution >= 4 is 22.6 Å². The van der Waals surface area contributed by atoms with Gasteiger partial charge in [-0.25, -0.2) is 15.0 Å². The van der Waals surface area contributed by atoms with Gasteiger partial charge in [-0.3, -0.25) is 4.98 Å². The molecule has 0 saturated heterocycles. The second-order valence-electron chi connectivity index (χ2n) is 12.7. The van der Waals surface area contributed by atoms with Gasteiger partial charge in [-0.15, -0.1) is 0 Å². The van der Waals surface area contributed by atoms with Gasteiger partial charge in [0.25, 0.3) is 0 Å². The third kappa shape index (κ3) is 4.89. The van der Waals surface area contributed by atoms with Crippen LogP contribution in [-0.4, -0.2) is 19.9 Å². The molecule has 0 N–H and O–H groups in total. The lowest BCUT2D eigenvalue weighted by Gasteiger charge is -2.34. The molecule has 44 heavy (non-hydrogen) atoms. The molecule has 4 nitrogen and oxygen atoms in total. The Morgan fingerprint density at radius 3 is 2.59 bits per heavy atom. The van der Waals surface area contributed by atoms with E-state index in [0.717, 1.165) is 53.2 Å². The monoisotopic (exact) mass is 572 g/mol. The Morgan fingerprint density at radius 1 is 0.773 bits per heavy atom. The minimum atomic E-state index is 0.0882. The van der Waals surface area contributed by atoms with Gasteiger partial charge in [0.2, 0.25) is 0 Å². The topological polar surface area (TPSA) is 51.6 Å². The minimum Gasteiger partial charge on any atom is -0.256 e. The van der Waals surface area contributed by atoms with Crippen LogP contribution in [0.25, 0.3) is 33.9 Å². The lowest BCUT2D eigenvalue weighted by Crippen LogP contribution is -2.26. The van der Waals surface area contributed by atoms with Gasteiger partial charge in [0, 0.05) is 40.5 Å². The maximum absolute atomic E-state index is 5.24. The van der Waals surface area contributed by atoms with Crippen molar-refractivity contribution in [2.24, 2.45) is 17.8 Å². The number of benzene rings is 2. The highest BCUT2D eigenvalue weighted by molar-refractivity contribution is 5.93. The highest BCUT2D eigenvalue weighted by Gasteiger charge is 2.34. The Labute approximate surface area is 259 Å². The number of hydrogen-bond acceptors (Lipinski definition) is 4. The molecule has 2 aromatic heterocycles. The first-order valence-electron chi connectivity index (χ1n) is 16.0. The molecule has 5 atom stereocenters. The summed E-state index contributed by atoms with van der Waals surface area (Å²) in [6.45, 7) is 4.63. The molecule has 0 saturated carbocycles. The second-order valence-corrected chi connectivity index (χ2v) is 12.7. The summed E-state index contributed by atoms with van der Waals surface area (Å²) in [5.41, 5.74) is 8.57. The third-order valence-electron chi connectivity index (χ3n) is 9.84. The summed E-state index contributed by atoms with van der Waals surface area (Å²) in [7, 11) is 0. The van der Waals surface area contributed by atoms with Crippen LogP contribution in [0.1, 0.15) is 66.9 Å². The predicted octanol–water partition coefficient (Wildman–Crippen LogP) is 9.21. The maximum Gasteiger partial charge on any atom is 0.163 e. The van der Waals surface area contributed by atoms with Gasteiger partial charge in [-0.05, 0) is 65.5 Å². The molecule has 0 amide bonds. The normalized spacial score (nSPS) is 25.4. The van der Waals surface area contributed by atoms with Crippen LogP contribution >= 0.6 is 0 Å². The van der Waals surface area contributed by atoms with Gasteiger partial charge < -0.3 is 0 Å². The summed E-state index contributed by atoms with van der Waals surface area (Å²) in [6, 6.07) is 17.2. The molecule has 4 unspecified atom stereocenters. The molecule has 216 valence electrons. The van der Waals surface area contributed by atoms with Gasteiger partial charge in [0.05, 0.1) is 5.52 Å². The minimum absolute atomic E-state index is 0.0882. The van der Waals surface area contributed by atoms with E-state index < -0.39 is 0 Å². The fourth-order valence-electron chi connectivity index (χ4n) is 7.31. The average molecular weight is 573 g/mol. The van der Waals surface area contributed by atoms with E-state index in [1.807, 2.05) is 12.3 Å². The van der Waals surface area contributed by atoms with E-state index in [0.29, 0.717) is 17.8 Å². The Kier molecular flexibility index (Phi) is 6.78. The van der Waals surface area contributed by atoms with Gasteiger partial charge in [0.15, 0.2) is 5.82 Å². The second kappa shape index (κ2) is 11.1. The molecule has 0 aliphatic heterocycles. The molecule has 0 spiro atoms. The lowest BCUT2D eigenvalue weighted by molar-refractivity contribution is 0.359. The van der Waals surface area contributed by atoms with Crippen LogP contribution in [0.3, 0.4) is 0 Å². The molecule has 4 aliphatic carbocycles. The van der Waals surface area contributed by atoms with Crippen molar-refractivity contribution in [1.82, 2.24) is 19.9 Å². The Bertz CT molecular complexity index is 1950. The third-order valence-corrected chi connectivity index (χ3v) is 9.84. The van der Waals surface area contributed by atoms with Crippen molar-refractivity contribution < 1.29 is 0 Å². The van der Waals surface area contributed by atoms with Gasteiger partial charge >= 0.3 is 0 Å². The van der Waals surface area contributed by atoms with Crippen molar-refractivity contribution in [3.05, 3.63) is 143 Å². The van der Waals surface area contributed by atoms with E-state index in [9.17, 15) is 0 Å². The van der Waals surface area contributed by atoms with Crippen molar-refractivity contribution in [3.63, 3.8) is 0 Å². The number of rotatable bonds is 4. The van der Waals surface area contributed by atoms with Crippen LogP contribution in [0.5, 0.6) is 0 Å². The van der Waals surface area contributed by atoms with Crippen LogP contribution in [0.4, 0.5) is 0 Å². The molecule has 0 fully saturated rings. The lowest BCUT2D eigenvalue weighted by atomic mass is 9.71. The molecule has 2 heterocycles. The van der Waals surface area contributed by atoms with Crippen molar-refractivity contribution in [1.29, 1.82) is 0 Å². The zero-order chi connectivity index (χ0) is 29.6. The summed E-state index contributed by atoms with van der Waals surface area (Å²) >= 11 is 0. The van der Waals surface area contributed by atoms with Crippen molar-refractivity contribution in [3.8, 4) is 11.4 Å². The highest BCUT2D eigenvalue weighted by Crippen LogP contribution is 2.43. The molecular weight excluding hydrogens is 536 g/mol. The summed E-state index contributed by atoms with van der Waals surface area (Å²) in [4.78, 5) is 20.3. The number of aromatic nitrogens is 4. The number of para-hydroxylation sites is 1. The number of allylic oxidation sites excluding steroid dienone is 11. The van der Waals surface area contributed by atoms with Crippen molar-refractivity contribution in [2.45, 2.75) is 44.9 Å². The van der Waals surface area contributed by atoms with Crippen LogP contribution in [0, 0.1) is 17.8 Å². The quantitative estimate of drug-likeness (QED) is 0.245. The highest BCUT2D eigenvalue weighted by atomic mass is 15.0. The first-order valence-corrected chi connectivity index (χ1v) is 16.0. The van der Waals surface area contributed by atoms with E-state index >= 15 is 0 Å². The Balaban J connectivity index is 1.17. The zero-order valence-corrected chi connectivity index (χ0v) is 25.3. The maximum atomic E-state index is 5.24. The Hall–Kier alpha value is -4.70. The van der Waals surface area contributed by atoms with E-state index in [4.69, 9.17) is 15.0 Å². The Morgan fingerprint density at radius 2 is 1.68 bits per heavy atom. The molecule has 4 aliphatic rings. The van der Waals surface area contributed by atoms with E-state index in [1.165, 1.54) is 27.8 Å². The van der Waals surface area contributed by atoms with E-state index in [2.05, 4.69) is 122 Å². The van der Waals surface area contributed by atoms with Crippen LogP contribution < -0.4 is 0 Å². The zero-order valence-electron chi connectivity index (χ0n) is 25.3. The van der Waals surface area contributed by atoms with E-state index in [1.54, 1.807) is 0 Å². The number of pyridine rings is 1. The number of hydrogen-bond donors (Lipinski definition) is 0. The smallest absolute Gasteiger partial charge is 0.163 e. The van der Waals surface area contributed by atoms with Crippen LogP contribution in [-0.2, 0) is 6.42 Å². The first-order chi connectivity index (χ1) is 21.6. The van der Waals surface area contributed by atoms with Gasteiger partial charge in [-0.1, -0.05) is 111 Å². The SMILES string of the molecule is CC1C=Cc2ccc(-c3nc(C4CC=C5C=CC=CC5C4C)nc([C@H]4C=CC(c5cccc6cccnc56)=CC4)n3)cc2C1. The molecule has 4 heteroatoms.